The van der Waals surface area contributed by atoms with Crippen molar-refractivity contribution in [2.24, 2.45) is 5.41 Å². The molecule has 0 radical (unpaired) electrons. The molecule has 0 spiro atoms. The maximum atomic E-state index is 11.6. The Morgan fingerprint density at radius 3 is 2.86 bits per heavy atom. The number of hydrogen-bond acceptors (Lipinski definition) is 2. The minimum absolute atomic E-state index is 0.142. The van der Waals surface area contributed by atoms with E-state index in [0.717, 1.165) is 18.7 Å². The lowest BCUT2D eigenvalue weighted by Crippen LogP contribution is -2.38. The molecule has 1 unspecified atom stereocenters. The number of carbonyl (C=O) groups is 1. The maximum Gasteiger partial charge on any atom is 0.223 e. The second kappa shape index (κ2) is 5.36. The SMILES string of the molecule is CC(=O)N1CCc2cc(NC3CCCCC3(C)C)ccc21. The summed E-state index contributed by atoms with van der Waals surface area (Å²) in [6.45, 7) is 7.21. The number of hydrogen-bond donors (Lipinski definition) is 1. The molecule has 1 amide bonds. The normalized spacial score (nSPS) is 23.8. The number of anilines is 2. The number of nitrogens with one attached hydrogen (secondary N) is 1. The van der Waals surface area contributed by atoms with Crippen LogP contribution in [0.15, 0.2) is 18.2 Å². The standard InChI is InChI=1S/C18H26N2O/c1-13(21)20-11-9-14-12-15(7-8-16(14)20)19-17-6-4-5-10-18(17,2)3/h7-8,12,17,19H,4-6,9-11H2,1-3H3. The van der Waals surface area contributed by atoms with Gasteiger partial charge in [0.25, 0.3) is 0 Å². The molecule has 0 aromatic heterocycles. The number of rotatable bonds is 2. The summed E-state index contributed by atoms with van der Waals surface area (Å²) < 4.78 is 0. The largest absolute Gasteiger partial charge is 0.382 e. The first-order valence-corrected chi connectivity index (χ1v) is 8.15. The highest BCUT2D eigenvalue weighted by Gasteiger charge is 2.32. The van der Waals surface area contributed by atoms with E-state index in [2.05, 4.69) is 37.4 Å². The third-order valence-corrected chi connectivity index (χ3v) is 5.20. The second-order valence-electron chi connectivity index (χ2n) is 7.20. The second-order valence-corrected chi connectivity index (χ2v) is 7.20. The van der Waals surface area contributed by atoms with Gasteiger partial charge in [-0.05, 0) is 48.4 Å². The van der Waals surface area contributed by atoms with E-state index in [1.165, 1.54) is 36.9 Å². The van der Waals surface area contributed by atoms with Crippen molar-refractivity contribution >= 4 is 17.3 Å². The Labute approximate surface area is 127 Å². The van der Waals surface area contributed by atoms with Crippen LogP contribution in [-0.2, 0) is 11.2 Å². The minimum atomic E-state index is 0.142. The molecule has 1 aromatic rings. The highest BCUT2D eigenvalue weighted by Crippen LogP contribution is 2.38. The van der Waals surface area contributed by atoms with Crippen LogP contribution < -0.4 is 10.2 Å². The fourth-order valence-corrected chi connectivity index (χ4v) is 3.78. The summed E-state index contributed by atoms with van der Waals surface area (Å²) in [5.74, 6) is 0.142. The quantitative estimate of drug-likeness (QED) is 0.892. The Bertz CT molecular complexity index is 550. The molecule has 2 aliphatic rings. The Hall–Kier alpha value is -1.51. The molecule has 1 aliphatic carbocycles. The summed E-state index contributed by atoms with van der Waals surface area (Å²) in [6, 6.07) is 7.02. The van der Waals surface area contributed by atoms with Crippen LogP contribution in [0.5, 0.6) is 0 Å². The van der Waals surface area contributed by atoms with Crippen molar-refractivity contribution in [3.05, 3.63) is 23.8 Å². The van der Waals surface area contributed by atoms with Gasteiger partial charge >= 0.3 is 0 Å². The molecule has 3 heteroatoms. The zero-order valence-corrected chi connectivity index (χ0v) is 13.4. The lowest BCUT2D eigenvalue weighted by molar-refractivity contribution is -0.116. The third kappa shape index (κ3) is 2.78. The van der Waals surface area contributed by atoms with E-state index in [1.54, 1.807) is 6.92 Å². The summed E-state index contributed by atoms with van der Waals surface area (Å²) >= 11 is 0. The van der Waals surface area contributed by atoms with Crippen molar-refractivity contribution in [2.45, 2.75) is 58.9 Å². The summed E-state index contributed by atoms with van der Waals surface area (Å²) in [5, 5.41) is 3.74. The van der Waals surface area contributed by atoms with Crippen molar-refractivity contribution in [1.82, 2.24) is 0 Å². The van der Waals surface area contributed by atoms with Gasteiger partial charge in [-0.3, -0.25) is 4.79 Å². The van der Waals surface area contributed by atoms with Crippen LogP contribution in [0.25, 0.3) is 0 Å². The summed E-state index contributed by atoms with van der Waals surface area (Å²) in [5.41, 5.74) is 3.96. The fraction of sp³-hybridized carbons (Fsp3) is 0.611. The summed E-state index contributed by atoms with van der Waals surface area (Å²) in [4.78, 5) is 13.5. The predicted octanol–water partition coefficient (Wildman–Crippen LogP) is 3.98. The summed E-state index contributed by atoms with van der Waals surface area (Å²) in [7, 11) is 0. The lowest BCUT2D eigenvalue weighted by Gasteiger charge is -2.39. The van der Waals surface area contributed by atoms with Crippen molar-refractivity contribution in [3.63, 3.8) is 0 Å². The van der Waals surface area contributed by atoms with Crippen LogP contribution in [0.1, 0.15) is 52.0 Å². The van der Waals surface area contributed by atoms with Gasteiger partial charge in [0.05, 0.1) is 0 Å². The predicted molar refractivity (Wildman–Crippen MR) is 87.8 cm³/mol. The molecule has 0 saturated heterocycles. The molecule has 1 N–H and O–H groups in total. The van der Waals surface area contributed by atoms with Gasteiger partial charge in [-0.15, -0.1) is 0 Å². The van der Waals surface area contributed by atoms with Crippen molar-refractivity contribution in [1.29, 1.82) is 0 Å². The minimum Gasteiger partial charge on any atom is -0.382 e. The first kappa shape index (κ1) is 14.4. The average molecular weight is 286 g/mol. The third-order valence-electron chi connectivity index (χ3n) is 5.20. The van der Waals surface area contributed by atoms with E-state index < -0.39 is 0 Å². The molecule has 1 aromatic carbocycles. The first-order valence-electron chi connectivity index (χ1n) is 8.15. The molecule has 3 nitrogen and oxygen atoms in total. The topological polar surface area (TPSA) is 32.3 Å². The molecule has 114 valence electrons. The number of nitrogens with zero attached hydrogens (tertiary/aromatic N) is 1. The van der Waals surface area contributed by atoms with Gasteiger partial charge in [0, 0.05) is 30.9 Å². The molecule has 1 aliphatic heterocycles. The number of amides is 1. The maximum absolute atomic E-state index is 11.6. The zero-order valence-electron chi connectivity index (χ0n) is 13.4. The highest BCUT2D eigenvalue weighted by molar-refractivity contribution is 5.94. The van der Waals surface area contributed by atoms with Crippen molar-refractivity contribution in [2.75, 3.05) is 16.8 Å². The van der Waals surface area contributed by atoms with Crippen molar-refractivity contribution in [3.8, 4) is 0 Å². The van der Waals surface area contributed by atoms with E-state index >= 15 is 0 Å². The molecule has 0 bridgehead atoms. The van der Waals surface area contributed by atoms with Gasteiger partial charge in [-0.25, -0.2) is 0 Å². The van der Waals surface area contributed by atoms with Crippen LogP contribution in [0, 0.1) is 5.41 Å². The van der Waals surface area contributed by atoms with Crippen LogP contribution in [0.3, 0.4) is 0 Å². The van der Waals surface area contributed by atoms with Crippen LogP contribution in [0.2, 0.25) is 0 Å². The Kier molecular flexibility index (Phi) is 3.68. The van der Waals surface area contributed by atoms with E-state index in [9.17, 15) is 4.79 Å². The molecule has 1 fully saturated rings. The zero-order chi connectivity index (χ0) is 15.0. The number of fused-ring (bicyclic) bond motifs is 1. The van der Waals surface area contributed by atoms with Crippen LogP contribution >= 0.6 is 0 Å². The average Bonchev–Trinajstić information content (AvgIpc) is 2.84. The Morgan fingerprint density at radius 1 is 1.33 bits per heavy atom. The van der Waals surface area contributed by atoms with E-state index in [0.29, 0.717) is 11.5 Å². The van der Waals surface area contributed by atoms with E-state index in [4.69, 9.17) is 0 Å². The monoisotopic (exact) mass is 286 g/mol. The van der Waals surface area contributed by atoms with Crippen LogP contribution in [-0.4, -0.2) is 18.5 Å². The first-order chi connectivity index (χ1) is 9.97. The van der Waals surface area contributed by atoms with Gasteiger partial charge in [0.2, 0.25) is 5.91 Å². The van der Waals surface area contributed by atoms with Gasteiger partial charge in [-0.2, -0.15) is 0 Å². The molecular weight excluding hydrogens is 260 g/mol. The highest BCUT2D eigenvalue weighted by atomic mass is 16.2. The van der Waals surface area contributed by atoms with Gasteiger partial charge in [-0.1, -0.05) is 26.7 Å². The number of benzene rings is 1. The summed E-state index contributed by atoms with van der Waals surface area (Å²) in [6.07, 6.45) is 6.20. The smallest absolute Gasteiger partial charge is 0.223 e. The molecular formula is C18H26N2O. The van der Waals surface area contributed by atoms with Crippen LogP contribution in [0.4, 0.5) is 11.4 Å². The molecule has 1 saturated carbocycles. The van der Waals surface area contributed by atoms with Gasteiger partial charge < -0.3 is 10.2 Å². The van der Waals surface area contributed by atoms with E-state index in [1.807, 2.05) is 4.90 Å². The molecule has 3 rings (SSSR count). The van der Waals surface area contributed by atoms with Crippen molar-refractivity contribution < 1.29 is 4.79 Å². The Morgan fingerprint density at radius 2 is 2.14 bits per heavy atom. The number of carbonyl (C=O) groups excluding carboxylic acids is 1. The van der Waals surface area contributed by atoms with Gasteiger partial charge in [0.1, 0.15) is 0 Å². The molecule has 1 atom stereocenters. The Balaban J connectivity index is 1.77. The molecule has 1 heterocycles. The van der Waals surface area contributed by atoms with Gasteiger partial charge in [0.15, 0.2) is 0 Å². The fourth-order valence-electron chi connectivity index (χ4n) is 3.78. The lowest BCUT2D eigenvalue weighted by atomic mass is 9.73. The van der Waals surface area contributed by atoms with E-state index in [-0.39, 0.29) is 5.91 Å². The molecule has 21 heavy (non-hydrogen) atoms.